The number of carbonyl (C=O) groups excluding carboxylic acids is 1. The van der Waals surface area contributed by atoms with Crippen LogP contribution < -0.4 is 5.32 Å². The summed E-state index contributed by atoms with van der Waals surface area (Å²) in [4.78, 5) is 22.5. The third-order valence-corrected chi connectivity index (χ3v) is 3.21. The molecule has 0 aliphatic rings. The topological polar surface area (TPSA) is 129 Å². The highest BCUT2D eigenvalue weighted by molar-refractivity contribution is 6.06. The van der Waals surface area contributed by atoms with E-state index in [9.17, 15) is 14.9 Å². The van der Waals surface area contributed by atoms with Crippen LogP contribution in [-0.4, -0.2) is 30.8 Å². The van der Waals surface area contributed by atoms with Gasteiger partial charge in [0.15, 0.2) is 0 Å². The highest BCUT2D eigenvalue weighted by Gasteiger charge is 2.21. The Kier molecular flexibility index (Phi) is 3.78. The molecule has 0 fully saturated rings. The molecule has 1 N–H and O–H groups in total. The molecule has 0 saturated heterocycles. The van der Waals surface area contributed by atoms with Gasteiger partial charge in [0.05, 0.1) is 10.6 Å². The number of nitro groups is 1. The van der Waals surface area contributed by atoms with Gasteiger partial charge in [0.1, 0.15) is 11.3 Å². The number of amides is 1. The standard InChI is InChI=1S/C14H12N6O4/c1-8-7-11(19(2)18-8)13-16-17-14(24-13)15-12(21)9-5-3-4-6-10(9)20(22)23/h3-7H,1-2H3,(H,15,17,21). The van der Waals surface area contributed by atoms with E-state index in [2.05, 4.69) is 20.6 Å². The van der Waals surface area contributed by atoms with E-state index < -0.39 is 10.8 Å². The number of carbonyl (C=O) groups is 1. The monoisotopic (exact) mass is 328 g/mol. The van der Waals surface area contributed by atoms with Gasteiger partial charge >= 0.3 is 6.01 Å². The predicted molar refractivity (Wildman–Crippen MR) is 82.3 cm³/mol. The molecule has 0 bridgehead atoms. The Bertz CT molecular complexity index is 929. The maximum absolute atomic E-state index is 12.2. The second kappa shape index (κ2) is 5.91. The summed E-state index contributed by atoms with van der Waals surface area (Å²) in [5.74, 6) is -0.533. The first-order chi connectivity index (χ1) is 11.5. The van der Waals surface area contributed by atoms with Gasteiger partial charge in [-0.25, -0.2) is 0 Å². The molecule has 0 radical (unpaired) electrons. The van der Waals surface area contributed by atoms with Gasteiger partial charge in [-0.3, -0.25) is 24.9 Å². The molecule has 3 aromatic rings. The quantitative estimate of drug-likeness (QED) is 0.572. The second-order valence-corrected chi connectivity index (χ2v) is 4.94. The van der Waals surface area contributed by atoms with Crippen molar-refractivity contribution in [1.82, 2.24) is 20.0 Å². The summed E-state index contributed by atoms with van der Waals surface area (Å²) in [5.41, 5.74) is 0.956. The SMILES string of the molecule is Cc1cc(-c2nnc(NC(=O)c3ccccc3[N+](=O)[O-])o2)n(C)n1. The Morgan fingerprint density at radius 3 is 2.75 bits per heavy atom. The lowest BCUT2D eigenvalue weighted by Crippen LogP contribution is -2.14. The minimum Gasteiger partial charge on any atom is -0.401 e. The Labute approximate surface area is 135 Å². The van der Waals surface area contributed by atoms with Crippen molar-refractivity contribution < 1.29 is 14.1 Å². The van der Waals surface area contributed by atoms with E-state index in [-0.39, 0.29) is 23.2 Å². The van der Waals surface area contributed by atoms with Crippen molar-refractivity contribution in [3.8, 4) is 11.6 Å². The fourth-order valence-electron chi connectivity index (χ4n) is 2.18. The van der Waals surface area contributed by atoms with Crippen molar-refractivity contribution in [3.05, 3.63) is 51.7 Å². The number of nitrogens with zero attached hydrogens (tertiary/aromatic N) is 5. The van der Waals surface area contributed by atoms with Crippen LogP contribution in [0.3, 0.4) is 0 Å². The summed E-state index contributed by atoms with van der Waals surface area (Å²) in [6.07, 6.45) is 0. The number of para-hydroxylation sites is 1. The van der Waals surface area contributed by atoms with E-state index in [1.807, 2.05) is 6.92 Å². The van der Waals surface area contributed by atoms with Crippen LogP contribution in [0.25, 0.3) is 11.6 Å². The summed E-state index contributed by atoms with van der Waals surface area (Å²) < 4.78 is 6.94. The molecule has 3 rings (SSSR count). The van der Waals surface area contributed by atoms with E-state index in [0.717, 1.165) is 5.69 Å². The van der Waals surface area contributed by atoms with Crippen molar-refractivity contribution in [2.75, 3.05) is 5.32 Å². The predicted octanol–water partition coefficient (Wildman–Crippen LogP) is 1.94. The van der Waals surface area contributed by atoms with E-state index in [1.165, 1.54) is 24.3 Å². The van der Waals surface area contributed by atoms with E-state index >= 15 is 0 Å². The summed E-state index contributed by atoms with van der Waals surface area (Å²) in [5, 5.41) is 25.1. The molecule has 2 heterocycles. The van der Waals surface area contributed by atoms with Crippen LogP contribution in [0, 0.1) is 17.0 Å². The van der Waals surface area contributed by atoms with Gasteiger partial charge in [0.2, 0.25) is 0 Å². The Hall–Kier alpha value is -3.56. The number of hydrogen-bond acceptors (Lipinski definition) is 7. The van der Waals surface area contributed by atoms with Gasteiger partial charge in [-0.1, -0.05) is 17.2 Å². The number of aryl methyl sites for hydroxylation is 2. The first kappa shape index (κ1) is 15.3. The first-order valence-electron chi connectivity index (χ1n) is 6.85. The van der Waals surface area contributed by atoms with Crippen molar-refractivity contribution >= 4 is 17.6 Å². The fraction of sp³-hybridized carbons (Fsp3) is 0.143. The molecule has 24 heavy (non-hydrogen) atoms. The molecule has 0 aliphatic heterocycles. The third kappa shape index (κ3) is 2.84. The van der Waals surface area contributed by atoms with Crippen LogP contribution in [0.4, 0.5) is 11.7 Å². The Morgan fingerprint density at radius 1 is 1.33 bits per heavy atom. The van der Waals surface area contributed by atoms with Gasteiger partial charge < -0.3 is 4.42 Å². The fourth-order valence-corrected chi connectivity index (χ4v) is 2.18. The molecule has 122 valence electrons. The minimum absolute atomic E-state index is 0.0985. The molecule has 2 aromatic heterocycles. The van der Waals surface area contributed by atoms with E-state index in [4.69, 9.17) is 4.42 Å². The molecular weight excluding hydrogens is 316 g/mol. The summed E-state index contributed by atoms with van der Waals surface area (Å²) in [6, 6.07) is 7.18. The van der Waals surface area contributed by atoms with Crippen LogP contribution >= 0.6 is 0 Å². The van der Waals surface area contributed by atoms with Crippen LogP contribution in [0.1, 0.15) is 16.1 Å². The van der Waals surface area contributed by atoms with Gasteiger partial charge in [-0.05, 0) is 19.1 Å². The van der Waals surface area contributed by atoms with Crippen LogP contribution in [0.5, 0.6) is 0 Å². The number of nitro benzene ring substituents is 1. The van der Waals surface area contributed by atoms with Gasteiger partial charge in [0, 0.05) is 13.1 Å². The third-order valence-electron chi connectivity index (χ3n) is 3.21. The Balaban J connectivity index is 1.84. The molecular formula is C14H12N6O4. The first-order valence-corrected chi connectivity index (χ1v) is 6.85. The van der Waals surface area contributed by atoms with E-state index in [1.54, 1.807) is 17.8 Å². The molecule has 0 unspecified atom stereocenters. The lowest BCUT2D eigenvalue weighted by molar-refractivity contribution is -0.385. The summed E-state index contributed by atoms with van der Waals surface area (Å²) >= 11 is 0. The highest BCUT2D eigenvalue weighted by atomic mass is 16.6. The number of rotatable bonds is 4. The number of hydrogen-bond donors (Lipinski definition) is 1. The number of nitrogens with one attached hydrogen (secondary N) is 1. The van der Waals surface area contributed by atoms with Crippen LogP contribution in [0.2, 0.25) is 0 Å². The zero-order valence-corrected chi connectivity index (χ0v) is 12.8. The van der Waals surface area contributed by atoms with E-state index in [0.29, 0.717) is 5.69 Å². The van der Waals surface area contributed by atoms with Crippen LogP contribution in [-0.2, 0) is 7.05 Å². The molecule has 0 spiro atoms. The molecule has 10 heteroatoms. The van der Waals surface area contributed by atoms with Crippen molar-refractivity contribution in [3.63, 3.8) is 0 Å². The minimum atomic E-state index is -0.710. The van der Waals surface area contributed by atoms with Crippen molar-refractivity contribution in [2.45, 2.75) is 6.92 Å². The number of aromatic nitrogens is 4. The lowest BCUT2D eigenvalue weighted by atomic mass is 10.1. The van der Waals surface area contributed by atoms with Gasteiger partial charge in [0.25, 0.3) is 17.5 Å². The van der Waals surface area contributed by atoms with Crippen molar-refractivity contribution in [2.24, 2.45) is 7.05 Å². The maximum Gasteiger partial charge on any atom is 0.322 e. The zero-order chi connectivity index (χ0) is 17.3. The summed E-state index contributed by atoms with van der Waals surface area (Å²) in [6.45, 7) is 1.82. The smallest absolute Gasteiger partial charge is 0.322 e. The molecule has 1 amide bonds. The normalized spacial score (nSPS) is 10.6. The molecule has 0 aliphatic carbocycles. The van der Waals surface area contributed by atoms with Crippen molar-refractivity contribution in [1.29, 1.82) is 0 Å². The van der Waals surface area contributed by atoms with Gasteiger partial charge in [-0.2, -0.15) is 5.10 Å². The Morgan fingerprint density at radius 2 is 2.08 bits per heavy atom. The molecule has 0 saturated carbocycles. The zero-order valence-electron chi connectivity index (χ0n) is 12.8. The average molecular weight is 328 g/mol. The lowest BCUT2D eigenvalue weighted by Gasteiger charge is -2.01. The summed E-state index contributed by atoms with van der Waals surface area (Å²) in [7, 11) is 1.72. The average Bonchev–Trinajstić information content (AvgIpc) is 3.13. The second-order valence-electron chi connectivity index (χ2n) is 4.94. The number of anilines is 1. The molecule has 0 atom stereocenters. The largest absolute Gasteiger partial charge is 0.401 e. The van der Waals surface area contributed by atoms with Gasteiger partial charge in [-0.15, -0.1) is 5.10 Å². The molecule has 1 aromatic carbocycles. The highest BCUT2D eigenvalue weighted by Crippen LogP contribution is 2.22. The molecule has 10 nitrogen and oxygen atoms in total. The maximum atomic E-state index is 12.2. The number of benzene rings is 1. The van der Waals surface area contributed by atoms with Crippen LogP contribution in [0.15, 0.2) is 34.7 Å².